The molecule has 0 aromatic rings. The molecule has 2 aliphatic heterocycles. The zero-order chi connectivity index (χ0) is 14.0. The smallest absolute Gasteiger partial charge is 0.282 e. The Balaban J connectivity index is 2.16. The molecule has 0 aromatic heterocycles. The Morgan fingerprint density at radius 3 is 2.74 bits per heavy atom. The van der Waals surface area contributed by atoms with Gasteiger partial charge in [0.1, 0.15) is 0 Å². The molecule has 112 valence electrons. The predicted octanol–water partition coefficient (Wildman–Crippen LogP) is 0.0242. The third-order valence-electron chi connectivity index (χ3n) is 3.91. The average molecular weight is 291 g/mol. The summed E-state index contributed by atoms with van der Waals surface area (Å²) in [7, 11) is -1.50. The van der Waals surface area contributed by atoms with E-state index < -0.39 is 10.2 Å². The van der Waals surface area contributed by atoms with Gasteiger partial charge in [0.25, 0.3) is 10.2 Å². The van der Waals surface area contributed by atoms with Gasteiger partial charge < -0.3 is 10.1 Å². The van der Waals surface area contributed by atoms with Crippen molar-refractivity contribution in [2.24, 2.45) is 0 Å². The fourth-order valence-electron chi connectivity index (χ4n) is 2.88. The van der Waals surface area contributed by atoms with Gasteiger partial charge in [0.15, 0.2) is 0 Å². The highest BCUT2D eigenvalue weighted by Gasteiger charge is 2.41. The largest absolute Gasteiger partial charge is 0.375 e. The molecule has 0 amide bonds. The van der Waals surface area contributed by atoms with E-state index in [1.807, 2.05) is 20.9 Å². The number of morpholine rings is 1. The van der Waals surface area contributed by atoms with Crippen molar-refractivity contribution in [3.63, 3.8) is 0 Å². The molecule has 0 saturated carbocycles. The SMILES string of the molecule is CNCC1CCCN1S(=O)(=O)N1CC(C)OCC1C. The maximum atomic E-state index is 12.8. The number of hydrogen-bond acceptors (Lipinski definition) is 4. The molecule has 2 fully saturated rings. The van der Waals surface area contributed by atoms with Crippen molar-refractivity contribution in [1.29, 1.82) is 0 Å². The standard InChI is InChI=1S/C12H25N3O3S/c1-10-9-18-11(2)8-15(10)19(16,17)14-6-4-5-12(14)7-13-3/h10-13H,4-9H2,1-3H3. The topological polar surface area (TPSA) is 61.9 Å². The van der Waals surface area contributed by atoms with E-state index in [2.05, 4.69) is 5.32 Å². The first-order valence-electron chi connectivity index (χ1n) is 7.01. The maximum Gasteiger partial charge on any atom is 0.282 e. The number of nitrogens with one attached hydrogen (secondary N) is 1. The lowest BCUT2D eigenvalue weighted by molar-refractivity contribution is -0.0192. The zero-order valence-corrected chi connectivity index (χ0v) is 12.8. The van der Waals surface area contributed by atoms with E-state index in [1.165, 1.54) is 0 Å². The summed E-state index contributed by atoms with van der Waals surface area (Å²) in [6.45, 7) is 6.11. The normalized spacial score (nSPS) is 34.8. The Morgan fingerprint density at radius 2 is 2.05 bits per heavy atom. The second kappa shape index (κ2) is 6.05. The van der Waals surface area contributed by atoms with Crippen LogP contribution in [-0.4, -0.2) is 68.5 Å². The van der Waals surface area contributed by atoms with Crippen molar-refractivity contribution in [2.75, 3.05) is 33.3 Å². The van der Waals surface area contributed by atoms with Gasteiger partial charge in [0.2, 0.25) is 0 Å². The quantitative estimate of drug-likeness (QED) is 0.793. The lowest BCUT2D eigenvalue weighted by Gasteiger charge is -2.39. The summed E-state index contributed by atoms with van der Waals surface area (Å²) in [6.07, 6.45) is 1.85. The van der Waals surface area contributed by atoms with Crippen molar-refractivity contribution >= 4 is 10.2 Å². The van der Waals surface area contributed by atoms with E-state index >= 15 is 0 Å². The summed E-state index contributed by atoms with van der Waals surface area (Å²) in [5, 5.41) is 3.09. The zero-order valence-electron chi connectivity index (χ0n) is 12.0. The fourth-order valence-corrected chi connectivity index (χ4v) is 4.98. The molecular weight excluding hydrogens is 266 g/mol. The molecule has 3 atom stereocenters. The van der Waals surface area contributed by atoms with Gasteiger partial charge in [0, 0.05) is 31.7 Å². The first-order valence-corrected chi connectivity index (χ1v) is 8.41. The van der Waals surface area contributed by atoms with Crippen molar-refractivity contribution in [2.45, 2.75) is 44.9 Å². The maximum absolute atomic E-state index is 12.8. The molecule has 2 heterocycles. The molecule has 19 heavy (non-hydrogen) atoms. The predicted molar refractivity (Wildman–Crippen MR) is 74.2 cm³/mol. The Hall–Kier alpha value is -0.210. The van der Waals surface area contributed by atoms with Crippen LogP contribution in [0.2, 0.25) is 0 Å². The fraction of sp³-hybridized carbons (Fsp3) is 1.00. The summed E-state index contributed by atoms with van der Waals surface area (Å²) in [6, 6.07) is -0.00242. The minimum absolute atomic E-state index is 0.0312. The first-order chi connectivity index (χ1) is 8.96. The van der Waals surface area contributed by atoms with Crippen LogP contribution in [0.25, 0.3) is 0 Å². The Labute approximate surface area is 116 Å². The Kier molecular flexibility index (Phi) is 4.84. The van der Waals surface area contributed by atoms with Crippen LogP contribution >= 0.6 is 0 Å². The van der Waals surface area contributed by atoms with Crippen LogP contribution in [0.15, 0.2) is 0 Å². The van der Waals surface area contributed by atoms with Crippen molar-refractivity contribution in [3.8, 4) is 0 Å². The van der Waals surface area contributed by atoms with Crippen molar-refractivity contribution in [1.82, 2.24) is 13.9 Å². The van der Waals surface area contributed by atoms with E-state index in [-0.39, 0.29) is 18.2 Å². The number of ether oxygens (including phenoxy) is 1. The van der Waals surface area contributed by atoms with Crippen LogP contribution < -0.4 is 5.32 Å². The van der Waals surface area contributed by atoms with Gasteiger partial charge in [-0.25, -0.2) is 0 Å². The van der Waals surface area contributed by atoms with E-state index in [0.29, 0.717) is 26.2 Å². The number of hydrogen-bond donors (Lipinski definition) is 1. The highest BCUT2D eigenvalue weighted by molar-refractivity contribution is 7.86. The van der Waals surface area contributed by atoms with Gasteiger partial charge in [-0.05, 0) is 33.7 Å². The summed E-state index contributed by atoms with van der Waals surface area (Å²) in [5.41, 5.74) is 0. The lowest BCUT2D eigenvalue weighted by atomic mass is 10.2. The van der Waals surface area contributed by atoms with E-state index in [0.717, 1.165) is 12.8 Å². The highest BCUT2D eigenvalue weighted by Crippen LogP contribution is 2.26. The highest BCUT2D eigenvalue weighted by atomic mass is 32.2. The van der Waals surface area contributed by atoms with Gasteiger partial charge in [-0.15, -0.1) is 0 Å². The summed E-state index contributed by atoms with van der Waals surface area (Å²) >= 11 is 0. The van der Waals surface area contributed by atoms with Gasteiger partial charge in [0.05, 0.1) is 12.7 Å². The van der Waals surface area contributed by atoms with Gasteiger partial charge in [-0.2, -0.15) is 17.0 Å². The molecule has 2 saturated heterocycles. The molecule has 7 heteroatoms. The number of rotatable bonds is 4. The van der Waals surface area contributed by atoms with Gasteiger partial charge in [-0.3, -0.25) is 0 Å². The summed E-state index contributed by atoms with van der Waals surface area (Å²) in [4.78, 5) is 0. The van der Waals surface area contributed by atoms with E-state index in [9.17, 15) is 8.42 Å². The lowest BCUT2D eigenvalue weighted by Crippen LogP contribution is -2.56. The van der Waals surface area contributed by atoms with E-state index in [4.69, 9.17) is 4.74 Å². The molecule has 2 rings (SSSR count). The third kappa shape index (κ3) is 3.11. The second-order valence-corrected chi connectivity index (χ2v) is 7.37. The first kappa shape index (κ1) is 15.2. The molecule has 0 aromatic carbocycles. The Morgan fingerprint density at radius 1 is 1.32 bits per heavy atom. The van der Waals surface area contributed by atoms with E-state index in [1.54, 1.807) is 8.61 Å². The summed E-state index contributed by atoms with van der Waals surface area (Å²) < 4.78 is 34.4. The van der Waals surface area contributed by atoms with Crippen LogP contribution in [0, 0.1) is 0 Å². The summed E-state index contributed by atoms with van der Waals surface area (Å²) in [5.74, 6) is 0. The molecule has 2 aliphatic rings. The van der Waals surface area contributed by atoms with Gasteiger partial charge >= 0.3 is 0 Å². The molecular formula is C12H25N3O3S. The number of likely N-dealkylation sites (N-methyl/N-ethyl adjacent to an activating group) is 1. The monoisotopic (exact) mass is 291 g/mol. The molecule has 1 N–H and O–H groups in total. The van der Waals surface area contributed by atoms with Crippen LogP contribution in [-0.2, 0) is 14.9 Å². The minimum Gasteiger partial charge on any atom is -0.375 e. The van der Waals surface area contributed by atoms with Crippen LogP contribution in [0.5, 0.6) is 0 Å². The third-order valence-corrected chi connectivity index (χ3v) is 6.08. The van der Waals surface area contributed by atoms with Crippen LogP contribution in [0.4, 0.5) is 0 Å². The average Bonchev–Trinajstić information content (AvgIpc) is 2.81. The molecule has 0 aliphatic carbocycles. The van der Waals surface area contributed by atoms with Crippen molar-refractivity contribution < 1.29 is 13.2 Å². The molecule has 6 nitrogen and oxygen atoms in total. The van der Waals surface area contributed by atoms with Crippen LogP contribution in [0.3, 0.4) is 0 Å². The van der Waals surface area contributed by atoms with Gasteiger partial charge in [-0.1, -0.05) is 0 Å². The van der Waals surface area contributed by atoms with Crippen LogP contribution in [0.1, 0.15) is 26.7 Å². The Bertz CT molecular complexity index is 401. The molecule has 0 radical (unpaired) electrons. The molecule has 0 spiro atoms. The molecule has 0 bridgehead atoms. The van der Waals surface area contributed by atoms with Crippen molar-refractivity contribution in [3.05, 3.63) is 0 Å². The molecule has 3 unspecified atom stereocenters. The minimum atomic E-state index is -3.37. The number of nitrogens with zero attached hydrogens (tertiary/aromatic N) is 2. The second-order valence-electron chi connectivity index (χ2n) is 5.53.